The molecule has 144 valence electrons. The van der Waals surface area contributed by atoms with E-state index in [0.29, 0.717) is 28.2 Å². The molecule has 0 fully saturated rings. The predicted molar refractivity (Wildman–Crippen MR) is 103 cm³/mol. The number of nitrogens with zero attached hydrogens (tertiary/aromatic N) is 5. The van der Waals surface area contributed by atoms with Gasteiger partial charge in [-0.25, -0.2) is 10.5 Å². The molecule has 10 nitrogen and oxygen atoms in total. The third kappa shape index (κ3) is 4.14. The number of benzene rings is 1. The highest BCUT2D eigenvalue weighted by atomic mass is 32.2. The van der Waals surface area contributed by atoms with Crippen LogP contribution in [0.4, 0.5) is 5.95 Å². The van der Waals surface area contributed by atoms with E-state index in [1.807, 2.05) is 17.8 Å². The fraction of sp³-hybridized carbons (Fsp3) is 0.235. The molecule has 0 amide bonds. The predicted octanol–water partition coefficient (Wildman–Crippen LogP) is 2.17. The van der Waals surface area contributed by atoms with Crippen molar-refractivity contribution in [1.82, 2.24) is 25.0 Å². The Hall–Kier alpha value is -3.34. The van der Waals surface area contributed by atoms with Gasteiger partial charge in [0.1, 0.15) is 0 Å². The van der Waals surface area contributed by atoms with Crippen molar-refractivity contribution in [2.45, 2.75) is 18.6 Å². The molecular weight excluding hydrogens is 382 g/mol. The smallest absolute Gasteiger partial charge is 0.240 e. The van der Waals surface area contributed by atoms with Gasteiger partial charge in [0.25, 0.3) is 0 Å². The van der Waals surface area contributed by atoms with Crippen molar-refractivity contribution in [3.8, 4) is 11.5 Å². The number of hydrazone groups is 1. The van der Waals surface area contributed by atoms with Crippen LogP contribution in [-0.4, -0.2) is 49.5 Å². The molecule has 0 saturated carbocycles. The first-order valence-electron chi connectivity index (χ1n) is 8.51. The summed E-state index contributed by atoms with van der Waals surface area (Å²) in [5.41, 5.74) is 4.19. The van der Waals surface area contributed by atoms with E-state index in [1.165, 1.54) is 11.8 Å². The normalized spacial score (nSPS) is 12.6. The van der Waals surface area contributed by atoms with Gasteiger partial charge < -0.3 is 9.47 Å². The van der Waals surface area contributed by atoms with E-state index >= 15 is 0 Å². The van der Waals surface area contributed by atoms with Crippen LogP contribution in [0.15, 0.2) is 40.9 Å². The number of aromatic nitrogens is 5. The van der Waals surface area contributed by atoms with Crippen LogP contribution < -0.4 is 14.9 Å². The van der Waals surface area contributed by atoms with E-state index in [0.717, 1.165) is 12.1 Å². The van der Waals surface area contributed by atoms with Gasteiger partial charge in [0.15, 0.2) is 17.3 Å². The highest BCUT2D eigenvalue weighted by Gasteiger charge is 2.17. The Bertz CT molecular complexity index is 1010. The summed E-state index contributed by atoms with van der Waals surface area (Å²) >= 11 is 1.23. The maximum absolute atomic E-state index is 12.4. The number of ether oxygens (including phenoxy) is 2. The van der Waals surface area contributed by atoms with Crippen LogP contribution in [-0.2, 0) is 6.54 Å². The Labute approximate surface area is 164 Å². The highest BCUT2D eigenvalue weighted by molar-refractivity contribution is 7.99. The summed E-state index contributed by atoms with van der Waals surface area (Å²) in [5, 5.41) is 15.5. The number of carbonyl (C=O) groups is 1. The first kappa shape index (κ1) is 18.0. The van der Waals surface area contributed by atoms with Crippen LogP contribution in [0.1, 0.15) is 22.8 Å². The zero-order chi connectivity index (χ0) is 19.3. The van der Waals surface area contributed by atoms with E-state index in [-0.39, 0.29) is 18.3 Å². The van der Waals surface area contributed by atoms with Gasteiger partial charge in [-0.05, 0) is 25.1 Å². The Balaban J connectivity index is 1.29. The number of hydrogen-bond acceptors (Lipinski definition) is 9. The van der Waals surface area contributed by atoms with Crippen molar-refractivity contribution in [1.29, 1.82) is 0 Å². The summed E-state index contributed by atoms with van der Waals surface area (Å²) in [6, 6.07) is 5.14. The number of fused-ring (bicyclic) bond motifs is 1. The minimum Gasteiger partial charge on any atom is -0.454 e. The number of Topliss-reactive ketones (excluding diaryl/α,β-unsaturated/α-hetero) is 1. The minimum absolute atomic E-state index is 0.0476. The second-order valence-electron chi connectivity index (χ2n) is 5.75. The van der Waals surface area contributed by atoms with Crippen LogP contribution in [0.2, 0.25) is 0 Å². The number of aryl methyl sites for hydroxylation is 1. The van der Waals surface area contributed by atoms with E-state index < -0.39 is 0 Å². The van der Waals surface area contributed by atoms with Crippen LogP contribution in [0.3, 0.4) is 0 Å². The van der Waals surface area contributed by atoms with Gasteiger partial charge in [-0.1, -0.05) is 11.8 Å². The number of anilines is 1. The van der Waals surface area contributed by atoms with Crippen molar-refractivity contribution in [2.75, 3.05) is 18.0 Å². The van der Waals surface area contributed by atoms with Gasteiger partial charge in [-0.2, -0.15) is 15.2 Å². The van der Waals surface area contributed by atoms with E-state index in [1.54, 1.807) is 30.6 Å². The molecule has 1 aliphatic heterocycles. The lowest BCUT2D eigenvalue weighted by Gasteiger charge is -2.01. The van der Waals surface area contributed by atoms with Gasteiger partial charge in [0.05, 0.1) is 18.2 Å². The number of thioether (sulfide) groups is 1. The molecule has 1 aliphatic rings. The molecule has 3 aromatic rings. The monoisotopic (exact) mass is 399 g/mol. The van der Waals surface area contributed by atoms with E-state index in [4.69, 9.17) is 9.47 Å². The third-order valence-electron chi connectivity index (χ3n) is 3.85. The average molecular weight is 399 g/mol. The van der Waals surface area contributed by atoms with Crippen molar-refractivity contribution < 1.29 is 14.3 Å². The maximum atomic E-state index is 12.4. The number of rotatable bonds is 8. The lowest BCUT2D eigenvalue weighted by molar-refractivity contribution is 0.102. The first-order valence-corrected chi connectivity index (χ1v) is 9.49. The fourth-order valence-electron chi connectivity index (χ4n) is 2.43. The van der Waals surface area contributed by atoms with Gasteiger partial charge in [-0.3, -0.25) is 9.48 Å². The second-order valence-corrected chi connectivity index (χ2v) is 6.69. The third-order valence-corrected chi connectivity index (χ3v) is 4.70. The summed E-state index contributed by atoms with van der Waals surface area (Å²) in [5.74, 6) is 1.78. The molecule has 4 rings (SSSR count). The Morgan fingerprint density at radius 3 is 3.18 bits per heavy atom. The molecule has 0 aliphatic carbocycles. The minimum atomic E-state index is -0.0476. The molecule has 2 aromatic heterocycles. The Kier molecular flexibility index (Phi) is 5.24. The lowest BCUT2D eigenvalue weighted by Crippen LogP contribution is -2.02. The number of hydrogen-bond donors (Lipinski definition) is 2. The maximum Gasteiger partial charge on any atom is 0.240 e. The quantitative estimate of drug-likeness (QED) is 0.256. The molecule has 11 heteroatoms. The highest BCUT2D eigenvalue weighted by Crippen LogP contribution is 2.33. The topological polar surface area (TPSA) is 119 Å². The standard InChI is InChI=1S/C17H17N7O3S/c1-2-24-8-11(7-19-24)6-18-21-16-20-17(23-22-16)28-9-13(25)12-3-4-14-15(5-12)27-10-26-14/h3-8H,2,9-10H2,1H3,(H2,20,21,22,23)/b18-6-. The number of H-pyrrole nitrogens is 1. The summed E-state index contributed by atoms with van der Waals surface area (Å²) in [6.45, 7) is 2.99. The lowest BCUT2D eigenvalue weighted by atomic mass is 10.1. The SMILES string of the molecule is CCn1cc(/C=N\Nc2nc(SCC(=O)c3ccc4c(c3)OCO4)n[nH]2)cn1. The molecule has 0 radical (unpaired) electrons. The molecule has 3 heterocycles. The molecular formula is C17H17N7O3S. The van der Waals surface area contributed by atoms with Crippen LogP contribution in [0.5, 0.6) is 11.5 Å². The summed E-state index contributed by atoms with van der Waals surface area (Å²) in [6.07, 6.45) is 5.24. The average Bonchev–Trinajstić information content (AvgIpc) is 3.46. The van der Waals surface area contributed by atoms with Crippen LogP contribution >= 0.6 is 11.8 Å². The Morgan fingerprint density at radius 1 is 1.43 bits per heavy atom. The number of aromatic amines is 1. The summed E-state index contributed by atoms with van der Waals surface area (Å²) < 4.78 is 12.3. The molecule has 0 bridgehead atoms. The van der Waals surface area contributed by atoms with Crippen molar-refractivity contribution in [3.63, 3.8) is 0 Å². The molecule has 0 saturated heterocycles. The fourth-order valence-corrected chi connectivity index (χ4v) is 3.12. The van der Waals surface area contributed by atoms with Crippen molar-refractivity contribution in [3.05, 3.63) is 41.7 Å². The van der Waals surface area contributed by atoms with Gasteiger partial charge in [0, 0.05) is 23.9 Å². The molecule has 1 aromatic carbocycles. The molecule has 0 spiro atoms. The molecule has 28 heavy (non-hydrogen) atoms. The van der Waals surface area contributed by atoms with Gasteiger partial charge in [-0.15, -0.1) is 5.10 Å². The van der Waals surface area contributed by atoms with E-state index in [2.05, 4.69) is 30.8 Å². The van der Waals surface area contributed by atoms with Gasteiger partial charge >= 0.3 is 0 Å². The number of carbonyl (C=O) groups excluding carboxylic acids is 1. The molecule has 2 N–H and O–H groups in total. The van der Waals surface area contributed by atoms with E-state index in [9.17, 15) is 4.79 Å². The Morgan fingerprint density at radius 2 is 2.32 bits per heavy atom. The first-order chi connectivity index (χ1) is 13.7. The summed E-state index contributed by atoms with van der Waals surface area (Å²) in [7, 11) is 0. The number of ketones is 1. The largest absolute Gasteiger partial charge is 0.454 e. The van der Waals surface area contributed by atoms with Crippen molar-refractivity contribution >= 4 is 29.7 Å². The zero-order valence-electron chi connectivity index (χ0n) is 15.0. The van der Waals surface area contributed by atoms with Crippen LogP contribution in [0, 0.1) is 0 Å². The van der Waals surface area contributed by atoms with Gasteiger partial charge in [0.2, 0.25) is 17.9 Å². The number of nitrogens with one attached hydrogen (secondary N) is 2. The molecule has 0 unspecified atom stereocenters. The molecule has 0 atom stereocenters. The second kappa shape index (κ2) is 8.13. The summed E-state index contributed by atoms with van der Waals surface area (Å²) in [4.78, 5) is 16.6. The van der Waals surface area contributed by atoms with Crippen molar-refractivity contribution in [2.24, 2.45) is 5.10 Å². The zero-order valence-corrected chi connectivity index (χ0v) is 15.8. The van der Waals surface area contributed by atoms with Crippen LogP contribution in [0.25, 0.3) is 0 Å².